The van der Waals surface area contributed by atoms with Gasteiger partial charge in [0.2, 0.25) is 5.91 Å². The van der Waals surface area contributed by atoms with E-state index in [2.05, 4.69) is 17.9 Å². The second kappa shape index (κ2) is 8.12. The molecule has 0 bridgehead atoms. The largest absolute Gasteiger partial charge is 0.480 e. The van der Waals surface area contributed by atoms with Crippen molar-refractivity contribution in [2.24, 2.45) is 0 Å². The van der Waals surface area contributed by atoms with E-state index in [1.165, 1.54) is 4.90 Å². The number of carboxylic acids is 1. The van der Waals surface area contributed by atoms with Gasteiger partial charge in [0.15, 0.2) is 0 Å². The minimum Gasteiger partial charge on any atom is -0.480 e. The van der Waals surface area contributed by atoms with Crippen LogP contribution in [0.5, 0.6) is 0 Å². The number of carbonyl (C=O) groups excluding carboxylic acids is 2. The Morgan fingerprint density at radius 1 is 1.17 bits per heavy atom. The molecule has 0 aromatic heterocycles. The molecule has 3 N–H and O–H groups in total. The lowest BCUT2D eigenvalue weighted by Crippen LogP contribution is -2.53. The smallest absolute Gasteiger partial charge is 0.327 e. The second-order valence-electron chi connectivity index (χ2n) is 7.64. The fourth-order valence-corrected chi connectivity index (χ4v) is 4.48. The molecule has 2 aliphatic rings. The molecule has 7 nitrogen and oxygen atoms in total. The molecular weight excluding hydrogens is 404 g/mol. The molecule has 0 saturated carbocycles. The third-order valence-electron chi connectivity index (χ3n) is 5.65. The number of benzene rings is 2. The molecule has 0 aliphatic carbocycles. The summed E-state index contributed by atoms with van der Waals surface area (Å²) < 4.78 is 0. The molecule has 2 aliphatic heterocycles. The number of anilines is 1. The molecule has 30 heavy (non-hydrogen) atoms. The van der Waals surface area contributed by atoms with Gasteiger partial charge in [-0.25, -0.2) is 4.79 Å². The van der Waals surface area contributed by atoms with E-state index >= 15 is 0 Å². The quantitative estimate of drug-likeness (QED) is 0.542. The summed E-state index contributed by atoms with van der Waals surface area (Å²) in [6, 6.07) is 12.5. The number of aliphatic carboxylic acids is 1. The van der Waals surface area contributed by atoms with Crippen molar-refractivity contribution in [3.05, 3.63) is 65.2 Å². The van der Waals surface area contributed by atoms with E-state index in [0.717, 1.165) is 5.56 Å². The first-order chi connectivity index (χ1) is 14.4. The number of hydrogen-bond acceptors (Lipinski definition) is 5. The zero-order chi connectivity index (χ0) is 21.4. The number of amides is 2. The lowest BCUT2D eigenvalue weighted by Gasteiger charge is -2.26. The third kappa shape index (κ3) is 3.68. The van der Waals surface area contributed by atoms with Crippen LogP contribution in [0.1, 0.15) is 29.2 Å². The van der Waals surface area contributed by atoms with Crippen molar-refractivity contribution in [3.63, 3.8) is 0 Å². The number of nitrogens with zero attached hydrogens (tertiary/aromatic N) is 1. The van der Waals surface area contributed by atoms with Crippen molar-refractivity contribution in [2.45, 2.75) is 42.7 Å². The summed E-state index contributed by atoms with van der Waals surface area (Å²) in [7, 11) is 0. The van der Waals surface area contributed by atoms with Gasteiger partial charge in [0, 0.05) is 18.4 Å². The Bertz CT molecular complexity index is 996. The van der Waals surface area contributed by atoms with Gasteiger partial charge in [-0.3, -0.25) is 14.5 Å². The van der Waals surface area contributed by atoms with Gasteiger partial charge in [-0.15, -0.1) is 0 Å². The average molecular weight is 426 g/mol. The first-order valence-electron chi connectivity index (χ1n) is 9.75. The predicted molar refractivity (Wildman–Crippen MR) is 113 cm³/mol. The zero-order valence-electron chi connectivity index (χ0n) is 16.1. The van der Waals surface area contributed by atoms with E-state index in [1.807, 2.05) is 30.3 Å². The normalized spacial score (nSPS) is 23.5. The fourth-order valence-electron chi connectivity index (χ4n) is 4.19. The molecular formula is C22H22N2O5S. The molecule has 0 radical (unpaired) electrons. The lowest BCUT2D eigenvalue weighted by atomic mass is 9.99. The van der Waals surface area contributed by atoms with Crippen LogP contribution in [-0.2, 0) is 27.2 Å². The Morgan fingerprint density at radius 2 is 1.90 bits per heavy atom. The number of carboxylic acid groups (broad SMARTS) is 1. The van der Waals surface area contributed by atoms with E-state index < -0.39 is 41.2 Å². The number of rotatable bonds is 5. The van der Waals surface area contributed by atoms with E-state index in [0.29, 0.717) is 23.2 Å². The van der Waals surface area contributed by atoms with Crippen molar-refractivity contribution in [1.29, 1.82) is 0 Å². The van der Waals surface area contributed by atoms with Crippen LogP contribution in [0.2, 0.25) is 0 Å². The van der Waals surface area contributed by atoms with Crippen LogP contribution in [0.3, 0.4) is 0 Å². The van der Waals surface area contributed by atoms with E-state index in [1.54, 1.807) is 18.2 Å². The highest BCUT2D eigenvalue weighted by Crippen LogP contribution is 2.42. The van der Waals surface area contributed by atoms with Crippen molar-refractivity contribution in [2.75, 3.05) is 4.90 Å². The molecule has 0 saturated heterocycles. The Labute approximate surface area is 179 Å². The van der Waals surface area contributed by atoms with E-state index in [-0.39, 0.29) is 12.8 Å². The van der Waals surface area contributed by atoms with Crippen LogP contribution in [0, 0.1) is 0 Å². The number of nitrogens with one attached hydrogen (secondary N) is 1. The summed E-state index contributed by atoms with van der Waals surface area (Å²) in [4.78, 5) is 39.0. The van der Waals surface area contributed by atoms with Gasteiger partial charge in [0.25, 0.3) is 5.91 Å². The molecule has 2 heterocycles. The summed E-state index contributed by atoms with van der Waals surface area (Å²) in [5.74, 6) is -2.09. The number of para-hydroxylation sites is 1. The molecule has 0 fully saturated rings. The fraction of sp³-hybridized carbons (Fsp3) is 0.318. The summed E-state index contributed by atoms with van der Waals surface area (Å²) in [5.41, 5.74) is 2.59. The molecule has 8 heteroatoms. The highest BCUT2D eigenvalue weighted by atomic mass is 32.1. The van der Waals surface area contributed by atoms with Gasteiger partial charge >= 0.3 is 5.97 Å². The van der Waals surface area contributed by atoms with Crippen molar-refractivity contribution >= 4 is 36.1 Å². The zero-order valence-corrected chi connectivity index (χ0v) is 17.0. The van der Waals surface area contributed by atoms with E-state index in [9.17, 15) is 24.6 Å². The number of aliphatic hydroxyl groups is 1. The topological polar surface area (TPSA) is 107 Å². The lowest BCUT2D eigenvalue weighted by molar-refractivity contribution is -0.140. The number of thiol groups is 1. The highest BCUT2D eigenvalue weighted by Gasteiger charge is 2.46. The first-order valence-corrected chi connectivity index (χ1v) is 10.3. The first kappa shape index (κ1) is 20.4. The van der Waals surface area contributed by atoms with Gasteiger partial charge in [-0.1, -0.05) is 48.5 Å². The molecule has 156 valence electrons. The van der Waals surface area contributed by atoms with Crippen molar-refractivity contribution < 1.29 is 24.6 Å². The SMILES string of the molecule is O=C(NC1C[C@@H](O)c2cccc3c2N(C1=O)[C@H](C(=O)O)C3)[C@@H](S)Cc1ccccc1. The number of aliphatic hydroxyl groups excluding tert-OH is 1. The maximum absolute atomic E-state index is 13.3. The average Bonchev–Trinajstić information content (AvgIpc) is 3.09. The number of carbonyl (C=O) groups is 3. The standard InChI is InChI=1S/C22H22N2O5S/c25-17-11-15(23-20(26)18(30)9-12-5-2-1-3-6-12)21(27)24-16(22(28)29)10-13-7-4-8-14(17)19(13)24/h1-8,15-18,25,30H,9-11H2,(H,23,26)(H,28,29)/t15?,16-,17+,18-/m0/s1. The molecule has 2 aromatic rings. The summed E-state index contributed by atoms with van der Waals surface area (Å²) in [6.07, 6.45) is -0.485. The van der Waals surface area contributed by atoms with E-state index in [4.69, 9.17) is 0 Å². The van der Waals surface area contributed by atoms with Gasteiger partial charge in [0.1, 0.15) is 12.1 Å². The Kier molecular flexibility index (Phi) is 5.53. The second-order valence-corrected chi connectivity index (χ2v) is 8.26. The van der Waals surface area contributed by atoms with Crippen molar-refractivity contribution in [1.82, 2.24) is 5.32 Å². The highest BCUT2D eigenvalue weighted by molar-refractivity contribution is 7.81. The van der Waals surface area contributed by atoms with Gasteiger partial charge in [-0.05, 0) is 17.5 Å². The molecule has 1 unspecified atom stereocenters. The van der Waals surface area contributed by atoms with Crippen LogP contribution in [0.25, 0.3) is 0 Å². The summed E-state index contributed by atoms with van der Waals surface area (Å²) >= 11 is 4.38. The van der Waals surface area contributed by atoms with Crippen LogP contribution in [0.15, 0.2) is 48.5 Å². The van der Waals surface area contributed by atoms with Gasteiger partial charge < -0.3 is 15.5 Å². The Morgan fingerprint density at radius 3 is 2.60 bits per heavy atom. The number of hydrogen-bond donors (Lipinski definition) is 4. The summed E-state index contributed by atoms with van der Waals surface area (Å²) in [5, 5.41) is 22.4. The minimum absolute atomic E-state index is 0.0320. The third-order valence-corrected chi connectivity index (χ3v) is 6.06. The molecule has 4 atom stereocenters. The molecule has 2 aromatic carbocycles. The maximum atomic E-state index is 13.3. The predicted octanol–water partition coefficient (Wildman–Crippen LogP) is 1.49. The van der Waals surface area contributed by atoms with Crippen LogP contribution in [-0.4, -0.2) is 45.3 Å². The molecule has 0 spiro atoms. The van der Waals surface area contributed by atoms with Crippen LogP contribution in [0.4, 0.5) is 5.69 Å². The van der Waals surface area contributed by atoms with Gasteiger partial charge in [0.05, 0.1) is 17.0 Å². The van der Waals surface area contributed by atoms with Crippen LogP contribution >= 0.6 is 12.6 Å². The maximum Gasteiger partial charge on any atom is 0.327 e. The minimum atomic E-state index is -1.12. The van der Waals surface area contributed by atoms with Gasteiger partial charge in [-0.2, -0.15) is 12.6 Å². The Hall–Kier alpha value is -2.84. The monoisotopic (exact) mass is 426 g/mol. The molecule has 4 rings (SSSR count). The summed E-state index contributed by atoms with van der Waals surface area (Å²) in [6.45, 7) is 0. The van der Waals surface area contributed by atoms with Crippen LogP contribution < -0.4 is 10.2 Å². The Balaban J connectivity index is 1.58. The molecule has 2 amide bonds. The van der Waals surface area contributed by atoms with Crippen molar-refractivity contribution in [3.8, 4) is 0 Å².